The Morgan fingerprint density at radius 1 is 0.526 bits per heavy atom. The van der Waals surface area contributed by atoms with Gasteiger partial charge in [0.1, 0.15) is 19.8 Å². The summed E-state index contributed by atoms with van der Waals surface area (Å²) in [6.07, 6.45) is 42.5. The second-order valence-corrected chi connectivity index (χ2v) is 19.0. The Kier molecular flexibility index (Phi) is 39.3. The van der Waals surface area contributed by atoms with Crippen molar-refractivity contribution in [2.24, 2.45) is 0 Å². The number of quaternary nitrogens is 1. The highest BCUT2D eigenvalue weighted by Crippen LogP contribution is 2.43. The monoisotopic (exact) mass is 831 g/mol. The number of rotatable bonds is 44. The fourth-order valence-electron chi connectivity index (χ4n) is 6.77. The van der Waals surface area contributed by atoms with Crippen LogP contribution in [0.4, 0.5) is 0 Å². The topological polar surface area (TPSA) is 108 Å². The van der Waals surface area contributed by atoms with Crippen LogP contribution in [-0.2, 0) is 32.7 Å². The molecule has 10 heteroatoms. The Bertz CT molecular complexity index is 985. The van der Waals surface area contributed by atoms with Crippen LogP contribution in [0.5, 0.6) is 0 Å². The van der Waals surface area contributed by atoms with Crippen molar-refractivity contribution >= 4 is 19.8 Å². The van der Waals surface area contributed by atoms with Crippen molar-refractivity contribution in [3.05, 3.63) is 12.2 Å². The van der Waals surface area contributed by atoms with E-state index in [9.17, 15) is 19.0 Å². The Morgan fingerprint density at radius 3 is 1.30 bits per heavy atom. The molecule has 0 aliphatic rings. The number of unbranched alkanes of at least 4 members (excludes halogenated alkanes) is 28. The van der Waals surface area contributed by atoms with Crippen LogP contribution in [0.15, 0.2) is 12.2 Å². The van der Waals surface area contributed by atoms with Crippen molar-refractivity contribution in [2.45, 2.75) is 232 Å². The van der Waals surface area contributed by atoms with Crippen molar-refractivity contribution in [1.82, 2.24) is 0 Å². The summed E-state index contributed by atoms with van der Waals surface area (Å²) in [6.45, 7) is 4.45. The third-order valence-corrected chi connectivity index (χ3v) is 11.5. The summed E-state index contributed by atoms with van der Waals surface area (Å²) in [5.74, 6) is -0.789. The zero-order valence-corrected chi connectivity index (χ0v) is 39.0. The minimum Gasteiger partial charge on any atom is -0.462 e. The Hall–Kier alpha value is -1.25. The molecule has 0 aromatic carbocycles. The molecule has 0 saturated heterocycles. The predicted octanol–water partition coefficient (Wildman–Crippen LogP) is 13.8. The van der Waals surface area contributed by atoms with Crippen LogP contribution < -0.4 is 0 Å². The molecule has 1 N–H and O–H groups in total. The van der Waals surface area contributed by atoms with Gasteiger partial charge < -0.3 is 18.9 Å². The molecule has 0 amide bonds. The van der Waals surface area contributed by atoms with Crippen molar-refractivity contribution in [3.8, 4) is 0 Å². The van der Waals surface area contributed by atoms with Crippen molar-refractivity contribution < 1.29 is 42.1 Å². The second kappa shape index (κ2) is 40.2. The quantitative estimate of drug-likeness (QED) is 0.0213. The maximum Gasteiger partial charge on any atom is 0.472 e. The summed E-state index contributed by atoms with van der Waals surface area (Å²) in [6, 6.07) is 0. The lowest BCUT2D eigenvalue weighted by atomic mass is 10.0. The van der Waals surface area contributed by atoms with Gasteiger partial charge in [-0.2, -0.15) is 0 Å². The van der Waals surface area contributed by atoms with E-state index in [0.717, 1.165) is 32.1 Å². The molecule has 0 aromatic rings. The van der Waals surface area contributed by atoms with E-state index in [2.05, 4.69) is 26.0 Å². The number of phosphoric acid groups is 1. The van der Waals surface area contributed by atoms with E-state index in [1.54, 1.807) is 0 Å². The summed E-state index contributed by atoms with van der Waals surface area (Å²) in [5, 5.41) is 0. The second-order valence-electron chi connectivity index (χ2n) is 17.5. The van der Waals surface area contributed by atoms with Gasteiger partial charge in [0.15, 0.2) is 6.10 Å². The van der Waals surface area contributed by atoms with E-state index in [-0.39, 0.29) is 25.6 Å². The molecule has 0 fully saturated rings. The van der Waals surface area contributed by atoms with E-state index >= 15 is 0 Å². The molecule has 9 nitrogen and oxygen atoms in total. The van der Waals surface area contributed by atoms with Crippen LogP contribution >= 0.6 is 7.82 Å². The lowest BCUT2D eigenvalue weighted by Gasteiger charge is -2.24. The molecule has 2 atom stereocenters. The number of nitrogens with zero attached hydrogens (tertiary/aromatic N) is 1. The Labute approximate surface area is 352 Å². The molecular weight excluding hydrogens is 737 g/mol. The molecule has 0 aromatic heterocycles. The number of hydrogen-bond acceptors (Lipinski definition) is 7. The van der Waals surface area contributed by atoms with Gasteiger partial charge in [0.2, 0.25) is 0 Å². The van der Waals surface area contributed by atoms with Crippen LogP contribution in [0, 0.1) is 0 Å². The zero-order chi connectivity index (χ0) is 42.1. The number of carbonyl (C=O) groups excluding carboxylic acids is 2. The van der Waals surface area contributed by atoms with Gasteiger partial charge in [0.25, 0.3) is 0 Å². The number of hydrogen-bond donors (Lipinski definition) is 1. The maximum atomic E-state index is 12.7. The first-order valence-corrected chi connectivity index (χ1v) is 25.4. The first kappa shape index (κ1) is 55.8. The largest absolute Gasteiger partial charge is 0.472 e. The summed E-state index contributed by atoms with van der Waals surface area (Å²) in [5.41, 5.74) is 0. The number of likely N-dealkylation sites (N-methyl/N-ethyl adjacent to an activating group) is 1. The maximum absolute atomic E-state index is 12.7. The highest BCUT2D eigenvalue weighted by molar-refractivity contribution is 7.47. The average molecular weight is 831 g/mol. The molecule has 338 valence electrons. The molecular formula is C47H93NO8P+. The lowest BCUT2D eigenvalue weighted by molar-refractivity contribution is -0.870. The minimum absolute atomic E-state index is 0.0346. The molecule has 0 spiro atoms. The van der Waals surface area contributed by atoms with Crippen molar-refractivity contribution in [1.29, 1.82) is 0 Å². The van der Waals surface area contributed by atoms with Crippen molar-refractivity contribution in [2.75, 3.05) is 47.5 Å². The van der Waals surface area contributed by atoms with Gasteiger partial charge in [0, 0.05) is 12.8 Å². The van der Waals surface area contributed by atoms with Crippen LogP contribution in [0.25, 0.3) is 0 Å². The number of ether oxygens (including phenoxy) is 2. The highest BCUT2D eigenvalue weighted by atomic mass is 31.2. The van der Waals surface area contributed by atoms with E-state index in [1.165, 1.54) is 161 Å². The highest BCUT2D eigenvalue weighted by Gasteiger charge is 2.27. The minimum atomic E-state index is -4.37. The zero-order valence-electron chi connectivity index (χ0n) is 38.1. The van der Waals surface area contributed by atoms with Gasteiger partial charge in [-0.15, -0.1) is 0 Å². The number of phosphoric ester groups is 1. The first-order chi connectivity index (χ1) is 27.5. The van der Waals surface area contributed by atoms with Crippen LogP contribution in [0.1, 0.15) is 226 Å². The molecule has 0 rings (SSSR count). The standard InChI is InChI=1S/C47H92NO8P/c1-6-8-10-12-14-16-18-20-22-23-24-25-26-28-30-32-34-36-38-40-47(50)56-45(44-55-57(51,52)54-42-41-48(3,4)5)43-53-46(49)39-37-35-33-31-29-27-21-19-17-15-13-11-9-7-2/h20,22,45H,6-19,21,23-44H2,1-5H3/p+1/b22-20+/t45-/m1/s1. The summed E-state index contributed by atoms with van der Waals surface area (Å²) < 4.78 is 34.4. The predicted molar refractivity (Wildman–Crippen MR) is 238 cm³/mol. The van der Waals surface area contributed by atoms with Gasteiger partial charge in [0.05, 0.1) is 27.7 Å². The molecule has 0 aliphatic carbocycles. The van der Waals surface area contributed by atoms with Gasteiger partial charge in [-0.1, -0.05) is 187 Å². The SMILES string of the molecule is CCCCCCCC/C=C/CCCCCCCCCCCC(=O)O[C@H](COC(=O)CCCCCCCCCCCCCCCC)COP(=O)(O)OCC[N+](C)(C)C. The Balaban J connectivity index is 4.27. The first-order valence-electron chi connectivity index (χ1n) is 23.9. The molecule has 1 unspecified atom stereocenters. The van der Waals surface area contributed by atoms with Gasteiger partial charge in [-0.05, 0) is 38.5 Å². The normalized spacial score (nSPS) is 13.6. The smallest absolute Gasteiger partial charge is 0.462 e. The Morgan fingerprint density at radius 2 is 0.895 bits per heavy atom. The summed E-state index contributed by atoms with van der Waals surface area (Å²) >= 11 is 0. The van der Waals surface area contributed by atoms with E-state index in [0.29, 0.717) is 23.9 Å². The van der Waals surface area contributed by atoms with Gasteiger partial charge >= 0.3 is 19.8 Å². The van der Waals surface area contributed by atoms with Crippen LogP contribution in [-0.4, -0.2) is 74.9 Å². The van der Waals surface area contributed by atoms with Crippen LogP contribution in [0.2, 0.25) is 0 Å². The molecule has 0 bridgehead atoms. The molecule has 0 aliphatic heterocycles. The van der Waals surface area contributed by atoms with Crippen molar-refractivity contribution in [3.63, 3.8) is 0 Å². The van der Waals surface area contributed by atoms with Gasteiger partial charge in [-0.25, -0.2) is 4.57 Å². The molecule has 0 radical (unpaired) electrons. The average Bonchev–Trinajstić information content (AvgIpc) is 3.16. The third-order valence-electron chi connectivity index (χ3n) is 10.5. The fraction of sp³-hybridized carbons (Fsp3) is 0.915. The number of carbonyl (C=O) groups is 2. The molecule has 0 saturated carbocycles. The van der Waals surface area contributed by atoms with Crippen LogP contribution in [0.3, 0.4) is 0 Å². The lowest BCUT2D eigenvalue weighted by Crippen LogP contribution is -2.37. The molecule has 0 heterocycles. The van der Waals surface area contributed by atoms with E-state index < -0.39 is 26.5 Å². The summed E-state index contributed by atoms with van der Waals surface area (Å²) in [4.78, 5) is 35.4. The van der Waals surface area contributed by atoms with E-state index in [4.69, 9.17) is 18.5 Å². The number of allylic oxidation sites excluding steroid dienone is 2. The van der Waals surface area contributed by atoms with Gasteiger partial charge in [-0.3, -0.25) is 18.6 Å². The summed E-state index contributed by atoms with van der Waals surface area (Å²) in [7, 11) is 1.49. The van der Waals surface area contributed by atoms with E-state index in [1.807, 2.05) is 21.1 Å². The number of esters is 2. The molecule has 57 heavy (non-hydrogen) atoms. The fourth-order valence-corrected chi connectivity index (χ4v) is 7.52. The third kappa shape index (κ3) is 44.1.